The van der Waals surface area contributed by atoms with Gasteiger partial charge in [0.05, 0.1) is 17.5 Å². The van der Waals surface area contributed by atoms with E-state index in [1.54, 1.807) is 0 Å². The van der Waals surface area contributed by atoms with Gasteiger partial charge in [0.25, 0.3) is 0 Å². The summed E-state index contributed by atoms with van der Waals surface area (Å²) in [5.74, 6) is 2.63. The number of carbonyl (C=O) groups is 1. The Morgan fingerprint density at radius 3 is 2.45 bits per heavy atom. The molecule has 1 heterocycles. The lowest BCUT2D eigenvalue weighted by Crippen LogP contribution is -2.65. The molecule has 1 aliphatic heterocycles. The van der Waals surface area contributed by atoms with Crippen LogP contribution < -0.4 is 0 Å². The molecule has 0 aromatic heterocycles. The molecule has 5 nitrogen and oxygen atoms in total. The summed E-state index contributed by atoms with van der Waals surface area (Å²) in [6.07, 6.45) is 6.81. The summed E-state index contributed by atoms with van der Waals surface area (Å²) < 4.78 is 6.26. The Morgan fingerprint density at radius 1 is 1.03 bits per heavy atom. The Labute approximate surface area is 184 Å². The molecule has 1 saturated heterocycles. The van der Waals surface area contributed by atoms with Crippen LogP contribution in [0, 0.1) is 58.2 Å². The largest absolute Gasteiger partial charge is 0.512 e. The number of carbonyl (C=O) groups excluding carboxylic acids is 1. The number of aliphatic hydroxyl groups excluding tert-OH is 2. The first-order valence-corrected chi connectivity index (χ1v) is 12.6. The van der Waals surface area contributed by atoms with E-state index in [2.05, 4.69) is 20.4 Å². The highest BCUT2D eigenvalue weighted by Crippen LogP contribution is 2.83. The third-order valence-corrected chi connectivity index (χ3v) is 12.2. The molecule has 0 bridgehead atoms. The Kier molecular flexibility index (Phi) is 3.35. The van der Waals surface area contributed by atoms with Gasteiger partial charge in [-0.05, 0) is 79.4 Å². The van der Waals surface area contributed by atoms with E-state index >= 15 is 0 Å². The molecule has 31 heavy (non-hydrogen) atoms. The molecule has 0 aromatic carbocycles. The van der Waals surface area contributed by atoms with Crippen molar-refractivity contribution in [1.29, 1.82) is 0 Å². The molecular formula is C26H36O5. The highest BCUT2D eigenvalue weighted by atomic mass is 16.6. The number of hydrogen-bond acceptors (Lipinski definition) is 5. The van der Waals surface area contributed by atoms with E-state index < -0.39 is 17.1 Å². The molecule has 7 rings (SSSR count). The van der Waals surface area contributed by atoms with Crippen LogP contribution in [0.15, 0.2) is 12.3 Å². The second kappa shape index (κ2) is 5.35. The molecule has 1 spiro atoms. The fourth-order valence-electron chi connectivity index (χ4n) is 10.8. The molecule has 7 aliphatic rings. The molecule has 3 N–H and O–H groups in total. The van der Waals surface area contributed by atoms with Gasteiger partial charge in [-0.3, -0.25) is 4.79 Å². The Bertz CT molecular complexity index is 900. The minimum atomic E-state index is -0.719. The number of ether oxygens (including phenoxy) is 1. The lowest BCUT2D eigenvalue weighted by molar-refractivity contribution is -0.237. The van der Waals surface area contributed by atoms with Crippen molar-refractivity contribution in [3.63, 3.8) is 0 Å². The van der Waals surface area contributed by atoms with Crippen LogP contribution in [0.1, 0.15) is 65.2 Å². The Hall–Kier alpha value is -1.07. The third-order valence-electron chi connectivity index (χ3n) is 12.2. The van der Waals surface area contributed by atoms with E-state index in [0.29, 0.717) is 54.3 Å². The van der Waals surface area contributed by atoms with Gasteiger partial charge in [-0.25, -0.2) is 0 Å². The van der Waals surface area contributed by atoms with Crippen molar-refractivity contribution < 1.29 is 24.9 Å². The molecule has 170 valence electrons. The summed E-state index contributed by atoms with van der Waals surface area (Å²) in [5.41, 5.74) is -1.33. The predicted octanol–water partition coefficient (Wildman–Crippen LogP) is 3.59. The topological polar surface area (TPSA) is 87.0 Å². The summed E-state index contributed by atoms with van der Waals surface area (Å²) >= 11 is 0. The van der Waals surface area contributed by atoms with Gasteiger partial charge in [-0.15, -0.1) is 0 Å². The molecule has 0 amide bonds. The zero-order valence-electron chi connectivity index (χ0n) is 18.7. The van der Waals surface area contributed by atoms with Crippen molar-refractivity contribution in [2.75, 3.05) is 0 Å². The average molecular weight is 429 g/mol. The van der Waals surface area contributed by atoms with Crippen LogP contribution in [0.5, 0.6) is 0 Å². The molecule has 6 aliphatic carbocycles. The SMILES string of the molecule is C=C(O)C1C[C@]2(OC1=O)C1CC1C1C3C4CC4C4(O)CC(O)CC[C@]4(C)C3CC[C@@]12C. The highest BCUT2D eigenvalue weighted by Gasteiger charge is 2.83. The van der Waals surface area contributed by atoms with Crippen molar-refractivity contribution in [2.45, 2.75) is 82.5 Å². The Balaban J connectivity index is 1.29. The van der Waals surface area contributed by atoms with Crippen molar-refractivity contribution in [1.82, 2.24) is 0 Å². The molecular weight excluding hydrogens is 392 g/mol. The van der Waals surface area contributed by atoms with Crippen molar-refractivity contribution >= 4 is 5.97 Å². The first-order chi connectivity index (χ1) is 14.6. The first-order valence-electron chi connectivity index (χ1n) is 12.6. The number of rotatable bonds is 1. The lowest BCUT2D eigenvalue weighted by Gasteiger charge is -2.64. The maximum Gasteiger partial charge on any atom is 0.317 e. The Morgan fingerprint density at radius 2 is 1.74 bits per heavy atom. The highest BCUT2D eigenvalue weighted by molar-refractivity contribution is 5.78. The average Bonchev–Trinajstić information content (AvgIpc) is 3.60. The normalized spacial score (nSPS) is 65.2. The number of esters is 1. The lowest BCUT2D eigenvalue weighted by atomic mass is 9.42. The van der Waals surface area contributed by atoms with Crippen molar-refractivity contribution in [3.8, 4) is 0 Å². The van der Waals surface area contributed by atoms with E-state index in [1.807, 2.05) is 0 Å². The minimum Gasteiger partial charge on any atom is -0.512 e. The minimum absolute atomic E-state index is 0.0435. The van der Waals surface area contributed by atoms with E-state index in [9.17, 15) is 20.1 Å². The molecule has 7 fully saturated rings. The monoisotopic (exact) mass is 428 g/mol. The van der Waals surface area contributed by atoms with Gasteiger partial charge in [-0.1, -0.05) is 20.4 Å². The smallest absolute Gasteiger partial charge is 0.317 e. The number of hydrogen-bond donors (Lipinski definition) is 3. The van der Waals surface area contributed by atoms with Crippen LogP contribution >= 0.6 is 0 Å². The maximum atomic E-state index is 12.7. The van der Waals surface area contributed by atoms with Gasteiger partial charge in [-0.2, -0.15) is 0 Å². The zero-order valence-corrected chi connectivity index (χ0v) is 18.7. The van der Waals surface area contributed by atoms with E-state index in [0.717, 1.165) is 38.5 Å². The van der Waals surface area contributed by atoms with Gasteiger partial charge < -0.3 is 20.1 Å². The van der Waals surface area contributed by atoms with Crippen LogP contribution in [0.4, 0.5) is 0 Å². The summed E-state index contributed by atoms with van der Waals surface area (Å²) in [5, 5.41) is 32.4. The fourth-order valence-corrected chi connectivity index (χ4v) is 10.8. The van der Waals surface area contributed by atoms with Gasteiger partial charge >= 0.3 is 5.97 Å². The van der Waals surface area contributed by atoms with E-state index in [-0.39, 0.29) is 28.7 Å². The van der Waals surface area contributed by atoms with Gasteiger partial charge in [0, 0.05) is 24.2 Å². The summed E-state index contributed by atoms with van der Waals surface area (Å²) in [4.78, 5) is 12.7. The standard InChI is InChI=1S/C26H36O5/c1-12(27)16-11-26(31-22(16)29)19-9-15(19)21-20-14-8-18(14)25(30)10-13(28)4-6-23(25,2)17(20)5-7-24(21,26)3/h13-21,27-28,30H,1,4-11H2,2-3H3/t13?,14?,15?,16?,17?,18?,19?,20?,21?,23-,24+,25?,26+/m1/s1. The van der Waals surface area contributed by atoms with Gasteiger partial charge in [0.1, 0.15) is 11.5 Å². The van der Waals surface area contributed by atoms with E-state index in [4.69, 9.17) is 4.74 Å². The van der Waals surface area contributed by atoms with Crippen LogP contribution in [0.25, 0.3) is 0 Å². The molecule has 0 radical (unpaired) electrons. The molecule has 0 aromatic rings. The second-order valence-corrected chi connectivity index (χ2v) is 13.0. The van der Waals surface area contributed by atoms with E-state index in [1.165, 1.54) is 0 Å². The van der Waals surface area contributed by atoms with Crippen LogP contribution in [-0.4, -0.2) is 38.6 Å². The van der Waals surface area contributed by atoms with Crippen LogP contribution in [-0.2, 0) is 9.53 Å². The summed E-state index contributed by atoms with van der Waals surface area (Å²) in [6.45, 7) is 8.37. The van der Waals surface area contributed by atoms with Gasteiger partial charge in [0.2, 0.25) is 0 Å². The molecule has 5 heteroatoms. The summed E-state index contributed by atoms with van der Waals surface area (Å²) in [7, 11) is 0. The molecule has 13 atom stereocenters. The summed E-state index contributed by atoms with van der Waals surface area (Å²) in [6, 6.07) is 0. The van der Waals surface area contributed by atoms with Crippen LogP contribution in [0.3, 0.4) is 0 Å². The predicted molar refractivity (Wildman–Crippen MR) is 113 cm³/mol. The zero-order chi connectivity index (χ0) is 21.7. The van der Waals surface area contributed by atoms with Crippen LogP contribution in [0.2, 0.25) is 0 Å². The molecule has 10 unspecified atom stereocenters. The molecule has 6 saturated carbocycles. The fraction of sp³-hybridized carbons (Fsp3) is 0.885. The van der Waals surface area contributed by atoms with Crippen molar-refractivity contribution in [3.05, 3.63) is 12.3 Å². The second-order valence-electron chi connectivity index (χ2n) is 13.0. The number of fused-ring (bicyclic) bond motifs is 12. The van der Waals surface area contributed by atoms with Crippen molar-refractivity contribution in [2.24, 2.45) is 58.2 Å². The first kappa shape index (κ1) is 19.4. The van der Waals surface area contributed by atoms with Gasteiger partial charge in [0.15, 0.2) is 0 Å². The quantitative estimate of drug-likeness (QED) is 0.439. The third kappa shape index (κ3) is 1.94. The number of aliphatic hydroxyl groups is 3. The maximum absolute atomic E-state index is 12.7.